The van der Waals surface area contributed by atoms with Crippen molar-refractivity contribution in [2.24, 2.45) is 0 Å². The van der Waals surface area contributed by atoms with Gasteiger partial charge in [-0.15, -0.1) is 0 Å². The number of aliphatic hydroxyl groups is 1. The minimum Gasteiger partial charge on any atom is -0.387 e. The minimum atomic E-state index is -1.08. The molecule has 1 N–H and O–H groups in total. The largest absolute Gasteiger partial charge is 0.387 e. The lowest BCUT2D eigenvalue weighted by molar-refractivity contribution is -0.277. The predicted molar refractivity (Wildman–Crippen MR) is 92.1 cm³/mol. The van der Waals surface area contributed by atoms with E-state index in [2.05, 4.69) is 6.92 Å². The van der Waals surface area contributed by atoms with Crippen LogP contribution < -0.4 is 0 Å². The summed E-state index contributed by atoms with van der Waals surface area (Å²) in [5.74, 6) is -1.08. The van der Waals surface area contributed by atoms with E-state index >= 15 is 0 Å². The molecule has 6 heteroatoms. The lowest BCUT2D eigenvalue weighted by Gasteiger charge is -2.32. The second-order valence-electron chi connectivity index (χ2n) is 6.17. The van der Waals surface area contributed by atoms with Crippen LogP contribution >= 0.6 is 0 Å². The molecule has 24 heavy (non-hydrogen) atoms. The maximum Gasteiger partial charge on any atom is 0.221 e. The van der Waals surface area contributed by atoms with Gasteiger partial charge < -0.3 is 28.8 Å². The van der Waals surface area contributed by atoms with E-state index < -0.39 is 24.1 Å². The van der Waals surface area contributed by atoms with Crippen LogP contribution in [0.25, 0.3) is 0 Å². The van der Waals surface area contributed by atoms with Crippen molar-refractivity contribution in [2.45, 2.75) is 77.0 Å². The number of hydrogen-bond donors (Lipinski definition) is 1. The molecule has 1 heterocycles. The summed E-state index contributed by atoms with van der Waals surface area (Å²) in [6, 6.07) is 0. The Morgan fingerprint density at radius 3 is 2.38 bits per heavy atom. The van der Waals surface area contributed by atoms with Crippen molar-refractivity contribution in [2.75, 3.05) is 40.1 Å². The van der Waals surface area contributed by atoms with Gasteiger partial charge in [-0.25, -0.2) is 0 Å². The summed E-state index contributed by atoms with van der Waals surface area (Å²) in [4.78, 5) is 0. The number of ether oxygens (including phenoxy) is 5. The highest BCUT2D eigenvalue weighted by Crippen LogP contribution is 2.35. The zero-order valence-electron chi connectivity index (χ0n) is 15.8. The van der Waals surface area contributed by atoms with Crippen molar-refractivity contribution < 1.29 is 28.8 Å². The number of rotatable bonds is 14. The summed E-state index contributed by atoms with van der Waals surface area (Å²) in [7, 11) is 1.55. The van der Waals surface area contributed by atoms with Crippen LogP contribution in [0.1, 0.15) is 52.9 Å². The van der Waals surface area contributed by atoms with Gasteiger partial charge in [-0.05, 0) is 20.3 Å². The first-order valence-electron chi connectivity index (χ1n) is 9.33. The van der Waals surface area contributed by atoms with Crippen molar-refractivity contribution in [3.63, 3.8) is 0 Å². The smallest absolute Gasteiger partial charge is 0.221 e. The van der Waals surface area contributed by atoms with Crippen LogP contribution in [0.15, 0.2) is 0 Å². The molecule has 0 aliphatic carbocycles. The fourth-order valence-corrected chi connectivity index (χ4v) is 2.98. The zero-order chi connectivity index (χ0) is 17.8. The third-order valence-electron chi connectivity index (χ3n) is 4.35. The Bertz CT molecular complexity index is 314. The SMILES string of the molecule is CCCCCCCOC[C@H]1O[C@](COCC)(OC)[C@@H](OCC)[C@@H]1O. The first kappa shape index (κ1) is 21.8. The number of methoxy groups -OCH3 is 1. The quantitative estimate of drug-likeness (QED) is 0.487. The maximum absolute atomic E-state index is 10.6. The van der Waals surface area contributed by atoms with Crippen LogP contribution in [-0.2, 0) is 23.7 Å². The molecule has 1 saturated heterocycles. The van der Waals surface area contributed by atoms with Crippen LogP contribution in [0.3, 0.4) is 0 Å². The molecule has 0 aromatic carbocycles. The maximum atomic E-state index is 10.6. The highest BCUT2D eigenvalue weighted by Gasteiger charge is 2.56. The lowest BCUT2D eigenvalue weighted by atomic mass is 10.1. The van der Waals surface area contributed by atoms with Crippen LogP contribution in [-0.4, -0.2) is 69.3 Å². The third kappa shape index (κ3) is 6.24. The minimum absolute atomic E-state index is 0.218. The first-order chi connectivity index (χ1) is 11.6. The lowest BCUT2D eigenvalue weighted by Crippen LogP contribution is -2.50. The van der Waals surface area contributed by atoms with Crippen LogP contribution in [0.2, 0.25) is 0 Å². The summed E-state index contributed by atoms with van der Waals surface area (Å²) >= 11 is 0. The molecule has 0 unspecified atom stereocenters. The van der Waals surface area contributed by atoms with Crippen LogP contribution in [0.5, 0.6) is 0 Å². The predicted octanol–water partition coefficient (Wildman–Crippen LogP) is 2.52. The summed E-state index contributed by atoms with van der Waals surface area (Å²) in [6.45, 7) is 8.23. The van der Waals surface area contributed by atoms with Gasteiger partial charge in [0.2, 0.25) is 5.79 Å². The molecule has 0 spiro atoms. The van der Waals surface area contributed by atoms with Crippen molar-refractivity contribution in [3.8, 4) is 0 Å². The normalized spacial score (nSPS) is 30.1. The van der Waals surface area contributed by atoms with Crippen LogP contribution in [0, 0.1) is 0 Å². The molecule has 0 aromatic rings. The van der Waals surface area contributed by atoms with Gasteiger partial charge in [0, 0.05) is 26.9 Å². The molecule has 144 valence electrons. The van der Waals surface area contributed by atoms with E-state index in [0.29, 0.717) is 26.4 Å². The van der Waals surface area contributed by atoms with E-state index in [1.807, 2.05) is 13.8 Å². The van der Waals surface area contributed by atoms with Gasteiger partial charge in [0.05, 0.1) is 6.61 Å². The van der Waals surface area contributed by atoms with Crippen molar-refractivity contribution in [3.05, 3.63) is 0 Å². The van der Waals surface area contributed by atoms with Gasteiger partial charge in [0.1, 0.15) is 24.9 Å². The molecule has 0 bridgehead atoms. The van der Waals surface area contributed by atoms with E-state index in [4.69, 9.17) is 23.7 Å². The van der Waals surface area contributed by atoms with Gasteiger partial charge in [-0.2, -0.15) is 0 Å². The molecule has 0 aromatic heterocycles. The zero-order valence-corrected chi connectivity index (χ0v) is 15.8. The molecule has 1 aliphatic rings. The number of unbranched alkanes of at least 4 members (excludes halogenated alkanes) is 4. The Morgan fingerprint density at radius 1 is 1.00 bits per heavy atom. The van der Waals surface area contributed by atoms with Crippen molar-refractivity contribution >= 4 is 0 Å². The van der Waals surface area contributed by atoms with Crippen LogP contribution in [0.4, 0.5) is 0 Å². The standard InChI is InChI=1S/C18H36O6/c1-5-8-9-10-11-12-22-13-15-16(19)17(23-7-3)18(20-4,24-15)14-21-6-2/h15-17,19H,5-14H2,1-4H3/t15-,16-,17+,18+/m1/s1. The molecule has 0 radical (unpaired) electrons. The van der Waals surface area contributed by atoms with Crippen molar-refractivity contribution in [1.82, 2.24) is 0 Å². The van der Waals surface area contributed by atoms with Gasteiger partial charge in [0.25, 0.3) is 0 Å². The Balaban J connectivity index is 2.47. The van der Waals surface area contributed by atoms with Gasteiger partial charge in [0.15, 0.2) is 0 Å². The van der Waals surface area contributed by atoms with Gasteiger partial charge in [-0.3, -0.25) is 0 Å². The Hall–Kier alpha value is -0.240. The van der Waals surface area contributed by atoms with E-state index in [0.717, 1.165) is 6.42 Å². The molecular weight excluding hydrogens is 312 g/mol. The average Bonchev–Trinajstić information content (AvgIpc) is 2.86. The molecular formula is C18H36O6. The second kappa shape index (κ2) is 12.2. The number of hydrogen-bond acceptors (Lipinski definition) is 6. The molecule has 1 rings (SSSR count). The number of aliphatic hydroxyl groups excluding tert-OH is 1. The second-order valence-corrected chi connectivity index (χ2v) is 6.17. The summed E-state index contributed by atoms with van der Waals surface area (Å²) in [5.41, 5.74) is 0. The van der Waals surface area contributed by atoms with E-state index in [9.17, 15) is 5.11 Å². The molecule has 6 nitrogen and oxygen atoms in total. The Morgan fingerprint density at radius 2 is 1.75 bits per heavy atom. The molecule has 0 saturated carbocycles. The van der Waals surface area contributed by atoms with Gasteiger partial charge in [-0.1, -0.05) is 32.6 Å². The fourth-order valence-electron chi connectivity index (χ4n) is 2.98. The van der Waals surface area contributed by atoms with Crippen molar-refractivity contribution in [1.29, 1.82) is 0 Å². The topological polar surface area (TPSA) is 66.4 Å². The molecule has 1 fully saturated rings. The summed E-state index contributed by atoms with van der Waals surface area (Å²) in [5, 5.41) is 10.6. The first-order valence-corrected chi connectivity index (χ1v) is 9.33. The third-order valence-corrected chi connectivity index (χ3v) is 4.35. The summed E-state index contributed by atoms with van der Waals surface area (Å²) in [6.07, 6.45) is 4.10. The van der Waals surface area contributed by atoms with E-state index in [1.54, 1.807) is 7.11 Å². The molecule has 1 aliphatic heterocycles. The molecule has 4 atom stereocenters. The monoisotopic (exact) mass is 348 g/mol. The van der Waals surface area contributed by atoms with E-state index in [1.165, 1.54) is 25.7 Å². The highest BCUT2D eigenvalue weighted by atomic mass is 16.8. The Kier molecular flexibility index (Phi) is 11.1. The Labute approximate surface area is 146 Å². The highest BCUT2D eigenvalue weighted by molar-refractivity contribution is 4.98. The van der Waals surface area contributed by atoms with Gasteiger partial charge >= 0.3 is 0 Å². The average molecular weight is 348 g/mol. The van der Waals surface area contributed by atoms with E-state index in [-0.39, 0.29) is 6.61 Å². The fraction of sp³-hybridized carbons (Fsp3) is 1.00. The molecule has 0 amide bonds. The summed E-state index contributed by atoms with van der Waals surface area (Å²) < 4.78 is 28.4.